The van der Waals surface area contributed by atoms with Crippen LogP contribution in [0.2, 0.25) is 0 Å². The number of amides is 1. The highest BCUT2D eigenvalue weighted by Crippen LogP contribution is 2.36. The fourth-order valence-corrected chi connectivity index (χ4v) is 4.67. The number of nitrogens with zero attached hydrogens (tertiary/aromatic N) is 4. The minimum absolute atomic E-state index is 0.0332. The second kappa shape index (κ2) is 15.1. The van der Waals surface area contributed by atoms with Crippen LogP contribution >= 0.6 is 0 Å². The summed E-state index contributed by atoms with van der Waals surface area (Å²) in [5, 5.41) is 10.3. The van der Waals surface area contributed by atoms with Gasteiger partial charge < -0.3 is 20.3 Å². The number of benzene rings is 2. The SMILES string of the molecule is C=O.CNCCC(CCc1cc(-c2ccncc2)n(-c2cc(F)c(F)c(F)c2)n1)N(C=O)c1ccc(C(F)(F)F)cc1NC. The van der Waals surface area contributed by atoms with Gasteiger partial charge in [0.1, 0.15) is 6.79 Å². The van der Waals surface area contributed by atoms with Crippen molar-refractivity contribution in [2.45, 2.75) is 31.5 Å². The summed E-state index contributed by atoms with van der Waals surface area (Å²) in [5.41, 5.74) is 1.15. The van der Waals surface area contributed by atoms with Gasteiger partial charge in [-0.1, -0.05) is 0 Å². The molecular weight excluding hydrogens is 590 g/mol. The highest BCUT2D eigenvalue weighted by atomic mass is 19.4. The molecule has 0 aliphatic carbocycles. The third kappa shape index (κ3) is 7.81. The lowest BCUT2D eigenvalue weighted by molar-refractivity contribution is -0.137. The van der Waals surface area contributed by atoms with E-state index in [1.807, 2.05) is 6.79 Å². The second-order valence-corrected chi connectivity index (χ2v) is 9.47. The predicted octanol–water partition coefficient (Wildman–Crippen LogP) is 5.80. The third-order valence-corrected chi connectivity index (χ3v) is 6.79. The van der Waals surface area contributed by atoms with Gasteiger partial charge in [-0.25, -0.2) is 17.9 Å². The van der Waals surface area contributed by atoms with Crippen LogP contribution in [0.1, 0.15) is 24.1 Å². The molecule has 4 aromatic rings. The molecule has 0 saturated heterocycles. The minimum Gasteiger partial charge on any atom is -0.386 e. The number of carbonyl (C=O) groups excluding carboxylic acids is 2. The van der Waals surface area contributed by atoms with E-state index < -0.39 is 35.2 Å². The van der Waals surface area contributed by atoms with Crippen molar-refractivity contribution in [1.29, 1.82) is 0 Å². The Bertz CT molecular complexity index is 1520. The van der Waals surface area contributed by atoms with E-state index in [1.165, 1.54) is 35.1 Å². The topological polar surface area (TPSA) is 92.2 Å². The fraction of sp³-hybridized carbons (Fsp3) is 0.267. The van der Waals surface area contributed by atoms with E-state index >= 15 is 0 Å². The van der Waals surface area contributed by atoms with E-state index in [2.05, 4.69) is 20.7 Å². The van der Waals surface area contributed by atoms with Crippen LogP contribution in [0.4, 0.5) is 37.7 Å². The quantitative estimate of drug-likeness (QED) is 0.118. The number of aromatic nitrogens is 3. The zero-order valence-corrected chi connectivity index (χ0v) is 23.8. The lowest BCUT2D eigenvalue weighted by Gasteiger charge is -2.30. The Labute approximate surface area is 249 Å². The van der Waals surface area contributed by atoms with Crippen molar-refractivity contribution in [1.82, 2.24) is 20.1 Å². The van der Waals surface area contributed by atoms with Gasteiger partial charge in [-0.2, -0.15) is 18.3 Å². The molecule has 8 nitrogen and oxygen atoms in total. The van der Waals surface area contributed by atoms with E-state index in [0.717, 1.165) is 24.3 Å². The number of hydrogen-bond acceptors (Lipinski definition) is 6. The van der Waals surface area contributed by atoms with E-state index in [9.17, 15) is 31.1 Å². The van der Waals surface area contributed by atoms with Gasteiger partial charge in [-0.3, -0.25) is 9.78 Å². The zero-order valence-electron chi connectivity index (χ0n) is 23.8. The molecule has 2 N–H and O–H groups in total. The first kappa shape index (κ1) is 33.8. The first-order valence-electron chi connectivity index (χ1n) is 13.3. The number of halogens is 6. The van der Waals surface area contributed by atoms with Crippen molar-refractivity contribution in [2.75, 3.05) is 30.9 Å². The van der Waals surface area contributed by atoms with E-state index in [4.69, 9.17) is 4.79 Å². The number of aryl methyl sites for hydroxylation is 1. The molecule has 2 aromatic carbocycles. The summed E-state index contributed by atoms with van der Waals surface area (Å²) in [4.78, 5) is 25.7. The Morgan fingerprint density at radius 2 is 1.64 bits per heavy atom. The molecule has 234 valence electrons. The van der Waals surface area contributed by atoms with E-state index in [1.54, 1.807) is 25.2 Å². The van der Waals surface area contributed by atoms with Crippen molar-refractivity contribution in [3.63, 3.8) is 0 Å². The monoisotopic (exact) mass is 620 g/mol. The second-order valence-electron chi connectivity index (χ2n) is 9.47. The number of anilines is 2. The molecule has 1 unspecified atom stereocenters. The van der Waals surface area contributed by atoms with Gasteiger partial charge in [-0.05, 0) is 69.3 Å². The van der Waals surface area contributed by atoms with Gasteiger partial charge in [-0.15, -0.1) is 0 Å². The summed E-state index contributed by atoms with van der Waals surface area (Å²) >= 11 is 0. The van der Waals surface area contributed by atoms with Crippen molar-refractivity contribution >= 4 is 24.6 Å². The summed E-state index contributed by atoms with van der Waals surface area (Å²) in [7, 11) is 3.21. The van der Waals surface area contributed by atoms with Gasteiger partial charge in [0.2, 0.25) is 6.41 Å². The Kier molecular flexibility index (Phi) is 11.6. The fourth-order valence-electron chi connectivity index (χ4n) is 4.67. The summed E-state index contributed by atoms with van der Waals surface area (Å²) in [6.07, 6.45) is 0.216. The molecule has 14 heteroatoms. The first-order chi connectivity index (χ1) is 21.1. The van der Waals surface area contributed by atoms with Crippen molar-refractivity contribution in [3.05, 3.63) is 89.6 Å². The minimum atomic E-state index is -4.55. The number of carbonyl (C=O) groups is 2. The average molecular weight is 621 g/mol. The molecule has 0 saturated carbocycles. The average Bonchev–Trinajstić information content (AvgIpc) is 3.46. The highest BCUT2D eigenvalue weighted by molar-refractivity contribution is 5.84. The molecule has 0 radical (unpaired) electrons. The maximum Gasteiger partial charge on any atom is 0.416 e. The van der Waals surface area contributed by atoms with Crippen LogP contribution in [-0.2, 0) is 22.2 Å². The maximum atomic E-state index is 14.1. The molecule has 2 heterocycles. The first-order valence-corrected chi connectivity index (χ1v) is 13.3. The van der Waals surface area contributed by atoms with Gasteiger partial charge in [0.05, 0.1) is 34.0 Å². The summed E-state index contributed by atoms with van der Waals surface area (Å²) in [5.74, 6) is -4.33. The molecule has 0 bridgehead atoms. The van der Waals surface area contributed by atoms with Crippen LogP contribution in [0, 0.1) is 17.5 Å². The third-order valence-electron chi connectivity index (χ3n) is 6.79. The number of nitrogens with one attached hydrogen (secondary N) is 2. The summed E-state index contributed by atoms with van der Waals surface area (Å²) in [6.45, 7) is 2.51. The number of hydrogen-bond donors (Lipinski definition) is 2. The van der Waals surface area contributed by atoms with Gasteiger partial charge in [0.25, 0.3) is 0 Å². The highest BCUT2D eigenvalue weighted by Gasteiger charge is 2.32. The summed E-state index contributed by atoms with van der Waals surface area (Å²) < 4.78 is 83.1. The Hall–Kier alpha value is -4.72. The molecule has 0 fully saturated rings. The van der Waals surface area contributed by atoms with Crippen LogP contribution in [0.3, 0.4) is 0 Å². The van der Waals surface area contributed by atoms with Crippen molar-refractivity contribution < 1.29 is 35.9 Å². The number of rotatable bonds is 12. The molecule has 4 rings (SSSR count). The van der Waals surface area contributed by atoms with Crippen LogP contribution < -0.4 is 15.5 Å². The smallest absolute Gasteiger partial charge is 0.386 e. The molecule has 0 spiro atoms. The Morgan fingerprint density at radius 3 is 2.20 bits per heavy atom. The molecule has 1 atom stereocenters. The van der Waals surface area contributed by atoms with Crippen LogP contribution in [0.5, 0.6) is 0 Å². The lowest BCUT2D eigenvalue weighted by Crippen LogP contribution is -2.37. The zero-order chi connectivity index (χ0) is 32.4. The normalized spacial score (nSPS) is 11.8. The van der Waals surface area contributed by atoms with Gasteiger partial charge >= 0.3 is 6.18 Å². The number of pyridine rings is 1. The molecule has 0 aliphatic rings. The van der Waals surface area contributed by atoms with Crippen molar-refractivity contribution in [2.24, 2.45) is 0 Å². The van der Waals surface area contributed by atoms with Crippen LogP contribution in [0.25, 0.3) is 16.9 Å². The van der Waals surface area contributed by atoms with Crippen molar-refractivity contribution in [3.8, 4) is 16.9 Å². The molecule has 1 amide bonds. The number of alkyl halides is 3. The Morgan fingerprint density at radius 1 is 0.977 bits per heavy atom. The largest absolute Gasteiger partial charge is 0.416 e. The van der Waals surface area contributed by atoms with E-state index in [-0.39, 0.29) is 17.1 Å². The standard InChI is InChI=1S/C29H28F6N6O.CH2O/c1-36-10-9-21(40(17-42)26-6-3-19(29(33,34)35)13-25(26)37-2)5-4-20-14-27(18-7-11-38-12-8-18)41(39-20)22-15-23(30)28(32)24(31)16-22;1-2/h3,6-8,11-17,21,36-37H,4-5,9-10H2,1-2H3;1H2. The predicted molar refractivity (Wildman–Crippen MR) is 154 cm³/mol. The Balaban J connectivity index is 0.00000259. The molecule has 0 aliphatic heterocycles. The van der Waals surface area contributed by atoms with E-state index in [0.29, 0.717) is 49.2 Å². The summed E-state index contributed by atoms with van der Waals surface area (Å²) in [6, 6.07) is 9.43. The lowest BCUT2D eigenvalue weighted by atomic mass is 10.0. The molecular formula is C30H30F6N6O2. The van der Waals surface area contributed by atoms with Crippen LogP contribution in [0.15, 0.2) is 60.9 Å². The molecule has 44 heavy (non-hydrogen) atoms. The molecule has 2 aromatic heterocycles. The van der Waals surface area contributed by atoms with Gasteiger partial charge in [0.15, 0.2) is 17.5 Å². The van der Waals surface area contributed by atoms with Gasteiger partial charge in [0, 0.05) is 43.2 Å². The maximum absolute atomic E-state index is 14.1. The van der Waals surface area contributed by atoms with Crippen LogP contribution in [-0.4, -0.2) is 54.6 Å².